The first-order valence-corrected chi connectivity index (χ1v) is 11.1. The molecule has 4 N–H and O–H groups in total. The molecule has 10 nitrogen and oxygen atoms in total. The Balaban J connectivity index is 0.00000341. The summed E-state index contributed by atoms with van der Waals surface area (Å²) < 4.78 is 65.2. The van der Waals surface area contributed by atoms with Crippen LogP contribution in [0.3, 0.4) is 0 Å². The van der Waals surface area contributed by atoms with E-state index < -0.39 is 52.9 Å². The van der Waals surface area contributed by atoms with E-state index in [0.29, 0.717) is 5.39 Å². The van der Waals surface area contributed by atoms with Crippen LogP contribution >= 0.6 is 0 Å². The zero-order valence-electron chi connectivity index (χ0n) is 15.9. The Bertz CT molecular complexity index is 1430. The molecule has 0 spiro atoms. The molecule has 13 heteroatoms. The van der Waals surface area contributed by atoms with Crippen LogP contribution in [-0.4, -0.2) is 36.2 Å². The third-order valence-electron chi connectivity index (χ3n) is 4.29. The summed E-state index contributed by atoms with van der Waals surface area (Å²) in [5, 5.41) is 28.5. The Morgan fingerprint density at radius 3 is 2.03 bits per heavy atom. The van der Waals surface area contributed by atoms with Gasteiger partial charge in [-0.2, -0.15) is 16.8 Å². The molecule has 0 aliphatic heterocycles. The van der Waals surface area contributed by atoms with Crippen LogP contribution in [0.2, 0.25) is 0 Å². The summed E-state index contributed by atoms with van der Waals surface area (Å²) in [5.74, 6) is -1.07. The number of hydrogen-bond donors (Lipinski definition) is 4. The second-order valence-electron chi connectivity index (χ2n) is 6.55. The monoisotopic (exact) mass is 515 g/mol. The molecule has 0 saturated heterocycles. The van der Waals surface area contributed by atoms with Gasteiger partial charge in [-0.1, -0.05) is 23.8 Å². The fourth-order valence-corrected chi connectivity index (χ4v) is 4.07. The van der Waals surface area contributed by atoms with E-state index in [1.807, 2.05) is 0 Å². The summed E-state index contributed by atoms with van der Waals surface area (Å²) in [6, 6.07) is 7.70. The number of azo groups is 1. The van der Waals surface area contributed by atoms with Gasteiger partial charge in [0.25, 0.3) is 20.2 Å². The molecule has 3 rings (SSSR count). The van der Waals surface area contributed by atoms with Gasteiger partial charge in [-0.05, 0) is 43.0 Å². The normalized spacial score (nSPS) is 12.3. The van der Waals surface area contributed by atoms with Crippen LogP contribution in [0.25, 0.3) is 10.8 Å². The van der Waals surface area contributed by atoms with Crippen LogP contribution in [0, 0.1) is 13.8 Å². The van der Waals surface area contributed by atoms with E-state index in [1.165, 1.54) is 13.0 Å². The van der Waals surface area contributed by atoms with Crippen LogP contribution in [0.1, 0.15) is 11.1 Å². The molecule has 3 aromatic rings. The Morgan fingerprint density at radius 2 is 1.45 bits per heavy atom. The number of nitrogens with zero attached hydrogens (tertiary/aromatic N) is 2. The zero-order chi connectivity index (χ0) is 22.4. The van der Waals surface area contributed by atoms with Gasteiger partial charge in [0.05, 0.1) is 4.90 Å². The molecule has 31 heavy (non-hydrogen) atoms. The van der Waals surface area contributed by atoms with Gasteiger partial charge in [0.1, 0.15) is 22.0 Å². The molecule has 0 unspecified atom stereocenters. The van der Waals surface area contributed by atoms with E-state index in [2.05, 4.69) is 10.2 Å². The number of rotatable bonds is 4. The summed E-state index contributed by atoms with van der Waals surface area (Å²) in [4.78, 5) is -1.30. The topological polar surface area (TPSA) is 174 Å². The Morgan fingerprint density at radius 1 is 0.806 bits per heavy atom. The van der Waals surface area contributed by atoms with Gasteiger partial charge in [0.15, 0.2) is 5.75 Å². The van der Waals surface area contributed by atoms with E-state index in [9.17, 15) is 36.2 Å². The summed E-state index contributed by atoms with van der Waals surface area (Å²) in [5.41, 5.74) is -0.192. The minimum atomic E-state index is -4.83. The van der Waals surface area contributed by atoms with Gasteiger partial charge in [0.2, 0.25) is 0 Å². The Kier molecular flexibility index (Phi) is 6.81. The molecule has 1 radical (unpaired) electrons. The number of fused-ring (bicyclic) bond motifs is 1. The third-order valence-corrected chi connectivity index (χ3v) is 5.99. The maximum atomic E-state index is 11.8. The molecule has 3 aromatic carbocycles. The van der Waals surface area contributed by atoms with Crippen molar-refractivity contribution in [1.29, 1.82) is 0 Å². The zero-order valence-corrected chi connectivity index (χ0v) is 18.5. The molecule has 0 aliphatic carbocycles. The summed E-state index contributed by atoms with van der Waals surface area (Å²) in [6.07, 6.45) is 0. The van der Waals surface area contributed by atoms with Crippen LogP contribution in [-0.2, 0) is 37.3 Å². The molecule has 0 aliphatic rings. The number of hydrogen-bond acceptors (Lipinski definition) is 8. The number of aromatic hydroxyl groups is 2. The van der Waals surface area contributed by atoms with E-state index in [0.717, 1.165) is 23.8 Å². The molecular weight excluding hydrogens is 500 g/mol. The molecule has 169 valence electrons. The van der Waals surface area contributed by atoms with Crippen molar-refractivity contribution in [2.75, 3.05) is 0 Å². The fraction of sp³-hybridized carbons (Fsp3) is 0.111. The van der Waals surface area contributed by atoms with E-state index >= 15 is 0 Å². The Hall–Kier alpha value is -2.54. The quantitative estimate of drug-likeness (QED) is 0.230. The van der Waals surface area contributed by atoms with Crippen molar-refractivity contribution in [1.82, 2.24) is 0 Å². The van der Waals surface area contributed by atoms with Gasteiger partial charge in [0, 0.05) is 22.5 Å². The molecule has 0 atom stereocenters. The SMILES string of the molecule is Cc1ccc2c(O)c(N=Nc3cc(S(=O)(=O)O)cc(C)c3O)c(S(=O)(=O)O)cc2c1.[Cu]. The molecule has 0 heterocycles. The van der Waals surface area contributed by atoms with Gasteiger partial charge in [-0.3, -0.25) is 9.11 Å². The van der Waals surface area contributed by atoms with Gasteiger partial charge in [-0.25, -0.2) is 0 Å². The molecule has 0 aromatic heterocycles. The number of phenolic OH excluding ortho intramolecular Hbond substituents is 2. The maximum Gasteiger partial charge on any atom is 0.296 e. The van der Waals surface area contributed by atoms with E-state index in [1.54, 1.807) is 19.1 Å². The molecule has 0 bridgehead atoms. The first-order valence-electron chi connectivity index (χ1n) is 8.25. The van der Waals surface area contributed by atoms with Crippen LogP contribution in [0.5, 0.6) is 11.5 Å². The average Bonchev–Trinajstić information content (AvgIpc) is 2.61. The van der Waals surface area contributed by atoms with Crippen molar-refractivity contribution in [3.8, 4) is 11.5 Å². The predicted molar refractivity (Wildman–Crippen MR) is 107 cm³/mol. The summed E-state index contributed by atoms with van der Waals surface area (Å²) in [6.45, 7) is 3.10. The number of aryl methyl sites for hydroxylation is 2. The van der Waals surface area contributed by atoms with Crippen LogP contribution in [0.15, 0.2) is 56.4 Å². The first kappa shape index (κ1) is 24.7. The minimum Gasteiger partial charge on any atom is -0.505 e. The molecule has 0 saturated carbocycles. The van der Waals surface area contributed by atoms with Crippen molar-refractivity contribution in [3.63, 3.8) is 0 Å². The smallest absolute Gasteiger partial charge is 0.296 e. The third kappa shape index (κ3) is 5.03. The van der Waals surface area contributed by atoms with Crippen molar-refractivity contribution in [3.05, 3.63) is 47.5 Å². The van der Waals surface area contributed by atoms with Gasteiger partial charge < -0.3 is 10.2 Å². The van der Waals surface area contributed by atoms with E-state index in [-0.39, 0.29) is 28.0 Å². The molecule has 0 amide bonds. The largest absolute Gasteiger partial charge is 0.505 e. The van der Waals surface area contributed by atoms with Crippen LogP contribution < -0.4 is 0 Å². The first-order chi connectivity index (χ1) is 13.8. The van der Waals surface area contributed by atoms with Crippen LogP contribution in [0.4, 0.5) is 11.4 Å². The average molecular weight is 516 g/mol. The summed E-state index contributed by atoms with van der Waals surface area (Å²) in [7, 11) is -9.44. The predicted octanol–water partition coefficient (Wildman–Crippen LogP) is 3.77. The Labute approximate surface area is 188 Å². The standard InChI is InChI=1S/C18H16N2O8S2.Cu/c1-9-3-4-13-11(5-9)7-15(30(26,27)28)16(18(13)22)20-19-14-8-12(29(23,24)25)6-10(2)17(14)21;/h3-8,21-22H,1-2H3,(H,23,24,25)(H,26,27,28);. The second-order valence-corrected chi connectivity index (χ2v) is 9.37. The van der Waals surface area contributed by atoms with E-state index in [4.69, 9.17) is 0 Å². The van der Waals surface area contributed by atoms with Crippen molar-refractivity contribution >= 4 is 42.4 Å². The van der Waals surface area contributed by atoms with Crippen molar-refractivity contribution in [2.45, 2.75) is 23.6 Å². The van der Waals surface area contributed by atoms with Crippen molar-refractivity contribution in [2.24, 2.45) is 10.2 Å². The maximum absolute atomic E-state index is 11.8. The van der Waals surface area contributed by atoms with Crippen molar-refractivity contribution < 1.29 is 53.2 Å². The van der Waals surface area contributed by atoms with Gasteiger partial charge >= 0.3 is 0 Å². The second kappa shape index (κ2) is 8.54. The molecule has 0 fully saturated rings. The molecular formula is C18H16CuN2O8S2. The minimum absolute atomic E-state index is 0. The van der Waals surface area contributed by atoms with Gasteiger partial charge in [-0.15, -0.1) is 10.2 Å². The fourth-order valence-electron chi connectivity index (χ4n) is 2.82. The number of phenols is 2. The number of benzene rings is 3. The summed E-state index contributed by atoms with van der Waals surface area (Å²) >= 11 is 0.